The number of alkyl halides is 3. The van der Waals surface area contributed by atoms with E-state index in [2.05, 4.69) is 37.9 Å². The molecule has 0 unspecified atom stereocenters. The smallest absolute Gasteiger partial charge is 0.325 e. The fourth-order valence-corrected chi connectivity index (χ4v) is 3.27. The van der Waals surface area contributed by atoms with Crippen LogP contribution < -0.4 is 5.32 Å². The predicted molar refractivity (Wildman–Crippen MR) is 111 cm³/mol. The van der Waals surface area contributed by atoms with E-state index in [0.29, 0.717) is 11.3 Å². The number of nitrogens with one attached hydrogen (secondary N) is 1. The van der Waals surface area contributed by atoms with Gasteiger partial charge in [0.25, 0.3) is 0 Å². The summed E-state index contributed by atoms with van der Waals surface area (Å²) in [6.45, 7) is 0. The fourth-order valence-electron chi connectivity index (χ4n) is 2.25. The number of nitrogens with zero attached hydrogens (tertiary/aromatic N) is 2. The Morgan fingerprint density at radius 3 is 2.36 bits per heavy atom. The number of carbonyl (C=O) groups excluding carboxylic acids is 1. The predicted octanol–water partition coefficient (Wildman–Crippen LogP) is 5.50. The molecule has 0 spiro atoms. The molecule has 1 N–H and O–H groups in total. The average molecular weight is 515 g/mol. The number of carbonyl (C=O) groups is 1. The van der Waals surface area contributed by atoms with Crippen LogP contribution in [0, 0.1) is 3.57 Å². The first-order chi connectivity index (χ1) is 13.3. The highest BCUT2D eigenvalue weighted by Crippen LogP contribution is 2.32. The lowest BCUT2D eigenvalue weighted by Crippen LogP contribution is -2.15. The molecular formula is C19H13F3IN3OS. The van der Waals surface area contributed by atoms with Gasteiger partial charge in [-0.2, -0.15) is 13.2 Å². The zero-order valence-corrected chi connectivity index (χ0v) is 17.2. The molecule has 2 aromatic carbocycles. The lowest BCUT2D eigenvalue weighted by molar-refractivity contribution is -0.141. The summed E-state index contributed by atoms with van der Waals surface area (Å²) in [7, 11) is 0. The zero-order valence-electron chi connectivity index (χ0n) is 14.2. The second kappa shape index (κ2) is 8.91. The summed E-state index contributed by atoms with van der Waals surface area (Å²) >= 11 is 3.00. The molecule has 3 rings (SSSR count). The third-order valence-corrected chi connectivity index (χ3v) is 5.09. The maximum atomic E-state index is 13.2. The highest BCUT2D eigenvalue weighted by Gasteiger charge is 2.33. The minimum absolute atomic E-state index is 0.105. The number of thioether (sulfide) groups is 1. The molecule has 3 aromatic rings. The molecule has 9 heteroatoms. The summed E-state index contributed by atoms with van der Waals surface area (Å²) in [4.78, 5) is 19.8. The van der Waals surface area contributed by atoms with E-state index in [1.165, 1.54) is 0 Å². The Bertz CT molecular complexity index is 966. The van der Waals surface area contributed by atoms with Gasteiger partial charge in [-0.1, -0.05) is 42.1 Å². The van der Waals surface area contributed by atoms with Gasteiger partial charge in [0.05, 0.1) is 11.4 Å². The van der Waals surface area contributed by atoms with Crippen molar-refractivity contribution in [2.45, 2.75) is 11.3 Å². The molecule has 1 amide bonds. The van der Waals surface area contributed by atoms with Crippen molar-refractivity contribution >= 4 is 45.9 Å². The lowest BCUT2D eigenvalue weighted by atomic mass is 10.1. The van der Waals surface area contributed by atoms with Crippen molar-refractivity contribution in [1.29, 1.82) is 0 Å². The van der Waals surface area contributed by atoms with Crippen molar-refractivity contribution in [3.63, 3.8) is 0 Å². The number of rotatable bonds is 5. The molecule has 0 saturated carbocycles. The fraction of sp³-hybridized carbons (Fsp3) is 0.105. The van der Waals surface area contributed by atoms with E-state index < -0.39 is 11.9 Å². The molecule has 144 valence electrons. The quantitative estimate of drug-likeness (QED) is 0.277. The molecule has 0 saturated heterocycles. The van der Waals surface area contributed by atoms with Gasteiger partial charge < -0.3 is 5.32 Å². The Balaban J connectivity index is 1.77. The highest BCUT2D eigenvalue weighted by atomic mass is 127. The van der Waals surface area contributed by atoms with Gasteiger partial charge in [0.15, 0.2) is 5.16 Å². The van der Waals surface area contributed by atoms with Crippen LogP contribution in [0.1, 0.15) is 5.69 Å². The monoisotopic (exact) mass is 515 g/mol. The van der Waals surface area contributed by atoms with Crippen molar-refractivity contribution in [2.75, 3.05) is 11.1 Å². The summed E-state index contributed by atoms with van der Waals surface area (Å²) in [6.07, 6.45) is -4.61. The molecule has 0 aliphatic heterocycles. The van der Waals surface area contributed by atoms with E-state index in [1.807, 2.05) is 12.1 Å². The average Bonchev–Trinajstić information content (AvgIpc) is 2.68. The van der Waals surface area contributed by atoms with Crippen molar-refractivity contribution in [1.82, 2.24) is 9.97 Å². The van der Waals surface area contributed by atoms with E-state index >= 15 is 0 Å². The number of aromatic nitrogens is 2. The number of amides is 1. The van der Waals surface area contributed by atoms with Gasteiger partial charge in [0.2, 0.25) is 5.91 Å². The van der Waals surface area contributed by atoms with Crippen molar-refractivity contribution in [3.05, 3.63) is 69.9 Å². The van der Waals surface area contributed by atoms with Crippen LogP contribution in [0.25, 0.3) is 11.3 Å². The van der Waals surface area contributed by atoms with Crippen LogP contribution in [-0.2, 0) is 11.0 Å². The Morgan fingerprint density at radius 2 is 1.71 bits per heavy atom. The normalized spacial score (nSPS) is 11.3. The molecule has 1 heterocycles. The summed E-state index contributed by atoms with van der Waals surface area (Å²) in [6, 6.07) is 16.6. The molecule has 0 radical (unpaired) electrons. The molecule has 0 aliphatic carbocycles. The van der Waals surface area contributed by atoms with Gasteiger partial charge >= 0.3 is 6.18 Å². The van der Waals surface area contributed by atoms with Gasteiger partial charge in [0, 0.05) is 14.8 Å². The van der Waals surface area contributed by atoms with Crippen LogP contribution in [0.5, 0.6) is 0 Å². The minimum atomic E-state index is -4.61. The van der Waals surface area contributed by atoms with E-state index in [-0.39, 0.29) is 22.5 Å². The Morgan fingerprint density at radius 1 is 1.04 bits per heavy atom. The summed E-state index contributed by atoms with van der Waals surface area (Å²) < 4.78 is 40.6. The van der Waals surface area contributed by atoms with Gasteiger partial charge in [-0.15, -0.1) is 0 Å². The molecule has 0 atom stereocenters. The van der Waals surface area contributed by atoms with Crippen LogP contribution in [0.4, 0.5) is 18.9 Å². The molecular weight excluding hydrogens is 502 g/mol. The minimum Gasteiger partial charge on any atom is -0.325 e. The zero-order chi connectivity index (χ0) is 20.1. The first-order valence-electron chi connectivity index (χ1n) is 8.01. The topological polar surface area (TPSA) is 54.9 Å². The third kappa shape index (κ3) is 5.68. The maximum Gasteiger partial charge on any atom is 0.433 e. The molecule has 28 heavy (non-hydrogen) atoms. The van der Waals surface area contributed by atoms with Crippen molar-refractivity contribution in [3.8, 4) is 11.3 Å². The third-order valence-electron chi connectivity index (χ3n) is 3.53. The number of anilines is 1. The highest BCUT2D eigenvalue weighted by molar-refractivity contribution is 14.1. The second-order valence-electron chi connectivity index (χ2n) is 5.63. The van der Waals surface area contributed by atoms with E-state index in [4.69, 9.17) is 0 Å². The van der Waals surface area contributed by atoms with Crippen LogP contribution in [0.2, 0.25) is 0 Å². The molecule has 0 fully saturated rings. The van der Waals surface area contributed by atoms with Crippen LogP contribution in [0.15, 0.2) is 65.8 Å². The van der Waals surface area contributed by atoms with Crippen molar-refractivity contribution < 1.29 is 18.0 Å². The Kier molecular flexibility index (Phi) is 6.55. The molecule has 0 bridgehead atoms. The standard InChI is InChI=1S/C19H13F3IN3OS/c20-19(21,22)16-10-15(12-4-2-1-3-5-12)25-18(26-16)28-11-17(27)24-14-8-6-13(23)7-9-14/h1-10H,11H2,(H,24,27). The largest absolute Gasteiger partial charge is 0.433 e. The van der Waals surface area contributed by atoms with Gasteiger partial charge in [-0.25, -0.2) is 9.97 Å². The van der Waals surface area contributed by atoms with Gasteiger partial charge in [-0.3, -0.25) is 4.79 Å². The van der Waals surface area contributed by atoms with Gasteiger partial charge in [0.1, 0.15) is 5.69 Å². The first kappa shape index (κ1) is 20.6. The van der Waals surface area contributed by atoms with Crippen molar-refractivity contribution in [2.24, 2.45) is 0 Å². The van der Waals surface area contributed by atoms with E-state index in [9.17, 15) is 18.0 Å². The molecule has 1 aromatic heterocycles. The number of hydrogen-bond donors (Lipinski definition) is 1. The van der Waals surface area contributed by atoms with Crippen LogP contribution in [-0.4, -0.2) is 21.6 Å². The summed E-state index contributed by atoms with van der Waals surface area (Å²) in [5.74, 6) is -0.463. The Hall–Kier alpha value is -2.14. The van der Waals surface area contributed by atoms with E-state index in [0.717, 1.165) is 21.4 Å². The Labute approximate surface area is 177 Å². The second-order valence-corrected chi connectivity index (χ2v) is 7.82. The molecule has 0 aliphatic rings. The first-order valence-corrected chi connectivity index (χ1v) is 10.1. The van der Waals surface area contributed by atoms with Gasteiger partial charge in [-0.05, 0) is 52.9 Å². The SMILES string of the molecule is O=C(CSc1nc(-c2ccccc2)cc(C(F)(F)F)n1)Nc1ccc(I)cc1. The maximum absolute atomic E-state index is 13.2. The van der Waals surface area contributed by atoms with Crippen LogP contribution in [0.3, 0.4) is 0 Å². The lowest BCUT2D eigenvalue weighted by Gasteiger charge is -2.10. The number of benzene rings is 2. The number of halogens is 4. The summed E-state index contributed by atoms with van der Waals surface area (Å²) in [5, 5.41) is 2.58. The number of hydrogen-bond acceptors (Lipinski definition) is 4. The van der Waals surface area contributed by atoms with Crippen LogP contribution >= 0.6 is 34.4 Å². The molecule has 4 nitrogen and oxygen atoms in total. The van der Waals surface area contributed by atoms with E-state index in [1.54, 1.807) is 42.5 Å². The summed E-state index contributed by atoms with van der Waals surface area (Å²) in [5.41, 5.74) is 0.270.